The van der Waals surface area contributed by atoms with Crippen LogP contribution in [0.1, 0.15) is 5.69 Å². The molecule has 0 saturated heterocycles. The van der Waals surface area contributed by atoms with E-state index in [4.69, 9.17) is 16.6 Å². The number of aromatic nitrogens is 3. The van der Waals surface area contributed by atoms with Crippen molar-refractivity contribution in [3.8, 4) is 11.3 Å². The van der Waals surface area contributed by atoms with Crippen LogP contribution >= 0.6 is 11.6 Å². The van der Waals surface area contributed by atoms with Crippen LogP contribution < -0.4 is 0 Å². The predicted molar refractivity (Wildman–Crippen MR) is 80.8 cm³/mol. The molecule has 3 aromatic rings. The molecule has 0 saturated carbocycles. The van der Waals surface area contributed by atoms with Crippen molar-refractivity contribution in [1.29, 1.82) is 0 Å². The first-order valence-corrected chi connectivity index (χ1v) is 6.74. The first kappa shape index (κ1) is 13.1. The third-order valence-electron chi connectivity index (χ3n) is 3.09. The molecule has 0 bridgehead atoms. The largest absolute Gasteiger partial charge is 0.304 e. The van der Waals surface area contributed by atoms with Gasteiger partial charge in [0.15, 0.2) is 0 Å². The van der Waals surface area contributed by atoms with Crippen molar-refractivity contribution in [3.05, 3.63) is 53.6 Å². The van der Waals surface area contributed by atoms with Crippen LogP contribution in [0.4, 0.5) is 0 Å². The van der Waals surface area contributed by atoms with Crippen molar-refractivity contribution >= 4 is 17.2 Å². The highest BCUT2D eigenvalue weighted by Crippen LogP contribution is 2.25. The topological polar surface area (TPSA) is 33.4 Å². The lowest BCUT2D eigenvalue weighted by Gasteiger charge is -2.11. The average molecular weight is 287 g/mol. The number of hydrogen-bond donors (Lipinski definition) is 0. The fourth-order valence-electron chi connectivity index (χ4n) is 2.26. The zero-order chi connectivity index (χ0) is 14.1. The Bertz CT molecular complexity index is 734. The van der Waals surface area contributed by atoms with Crippen LogP contribution in [-0.4, -0.2) is 33.4 Å². The molecule has 20 heavy (non-hydrogen) atoms. The molecule has 0 aliphatic heterocycles. The first-order chi connectivity index (χ1) is 9.65. The van der Waals surface area contributed by atoms with Crippen molar-refractivity contribution in [2.45, 2.75) is 6.54 Å². The molecular weight excluding hydrogens is 272 g/mol. The molecule has 0 amide bonds. The summed E-state index contributed by atoms with van der Waals surface area (Å²) >= 11 is 6.06. The van der Waals surface area contributed by atoms with Crippen molar-refractivity contribution < 1.29 is 0 Å². The Morgan fingerprint density at radius 1 is 1.30 bits per heavy atom. The van der Waals surface area contributed by atoms with Crippen LogP contribution in [0.5, 0.6) is 0 Å². The van der Waals surface area contributed by atoms with Gasteiger partial charge in [-0.3, -0.25) is 4.98 Å². The molecule has 102 valence electrons. The molecule has 4 nitrogen and oxygen atoms in total. The summed E-state index contributed by atoms with van der Waals surface area (Å²) in [5.74, 6) is 0. The summed E-state index contributed by atoms with van der Waals surface area (Å²) in [6.07, 6.45) is 5.56. The SMILES string of the molecule is CN(C)Cc1c(-c2cccnc2)nc2cc(Cl)ccn12. The second-order valence-electron chi connectivity index (χ2n) is 4.96. The fourth-order valence-corrected chi connectivity index (χ4v) is 2.41. The molecule has 0 spiro atoms. The average Bonchev–Trinajstić information content (AvgIpc) is 2.77. The Morgan fingerprint density at radius 2 is 2.15 bits per heavy atom. The van der Waals surface area contributed by atoms with Crippen molar-refractivity contribution in [3.63, 3.8) is 0 Å². The highest BCUT2D eigenvalue weighted by atomic mass is 35.5. The van der Waals surface area contributed by atoms with Gasteiger partial charge in [-0.05, 0) is 32.3 Å². The van der Waals surface area contributed by atoms with Gasteiger partial charge in [0.2, 0.25) is 0 Å². The summed E-state index contributed by atoms with van der Waals surface area (Å²) in [4.78, 5) is 11.0. The number of imidazole rings is 1. The van der Waals surface area contributed by atoms with Crippen LogP contribution in [0.2, 0.25) is 5.02 Å². The summed E-state index contributed by atoms with van der Waals surface area (Å²) in [5.41, 5.74) is 3.96. The second-order valence-corrected chi connectivity index (χ2v) is 5.40. The highest BCUT2D eigenvalue weighted by molar-refractivity contribution is 6.30. The third kappa shape index (κ3) is 2.40. The minimum absolute atomic E-state index is 0.691. The van der Waals surface area contributed by atoms with Crippen LogP contribution in [0.25, 0.3) is 16.9 Å². The number of rotatable bonds is 3. The van der Waals surface area contributed by atoms with Gasteiger partial charge in [-0.15, -0.1) is 0 Å². The highest BCUT2D eigenvalue weighted by Gasteiger charge is 2.14. The van der Waals surface area contributed by atoms with Crippen molar-refractivity contribution in [1.82, 2.24) is 19.3 Å². The van der Waals surface area contributed by atoms with Crippen LogP contribution in [0.3, 0.4) is 0 Å². The summed E-state index contributed by atoms with van der Waals surface area (Å²) in [6, 6.07) is 7.70. The Balaban J connectivity index is 2.24. The molecule has 0 aliphatic rings. The molecule has 3 rings (SSSR count). The summed E-state index contributed by atoms with van der Waals surface area (Å²) in [5, 5.41) is 0.691. The zero-order valence-electron chi connectivity index (χ0n) is 11.4. The van der Waals surface area contributed by atoms with E-state index in [1.165, 1.54) is 0 Å². The molecule has 0 radical (unpaired) electrons. The monoisotopic (exact) mass is 286 g/mol. The van der Waals surface area contributed by atoms with Crippen LogP contribution in [-0.2, 0) is 6.54 Å². The molecule has 0 N–H and O–H groups in total. The van der Waals surface area contributed by atoms with Gasteiger partial charge in [-0.1, -0.05) is 11.6 Å². The minimum atomic E-state index is 0.691. The van der Waals surface area contributed by atoms with Crippen LogP contribution in [0, 0.1) is 0 Å². The van der Waals surface area contributed by atoms with Gasteiger partial charge in [0, 0.05) is 41.8 Å². The number of pyridine rings is 2. The first-order valence-electron chi connectivity index (χ1n) is 6.37. The van der Waals surface area contributed by atoms with E-state index in [9.17, 15) is 0 Å². The maximum Gasteiger partial charge on any atom is 0.139 e. The molecular formula is C15H15ClN4. The Labute approximate surface area is 122 Å². The lowest BCUT2D eigenvalue weighted by atomic mass is 10.1. The third-order valence-corrected chi connectivity index (χ3v) is 3.32. The fraction of sp³-hybridized carbons (Fsp3) is 0.200. The normalized spacial score (nSPS) is 11.4. The smallest absolute Gasteiger partial charge is 0.139 e. The number of nitrogens with zero attached hydrogens (tertiary/aromatic N) is 4. The molecule has 0 fully saturated rings. The van der Waals surface area contributed by atoms with Gasteiger partial charge in [0.1, 0.15) is 5.65 Å². The van der Waals surface area contributed by atoms with E-state index in [1.807, 2.05) is 50.8 Å². The second kappa shape index (κ2) is 5.23. The van der Waals surface area contributed by atoms with Crippen molar-refractivity contribution in [2.75, 3.05) is 14.1 Å². The summed E-state index contributed by atoms with van der Waals surface area (Å²) in [7, 11) is 4.09. The summed E-state index contributed by atoms with van der Waals surface area (Å²) < 4.78 is 2.08. The number of hydrogen-bond acceptors (Lipinski definition) is 3. The molecule has 0 atom stereocenters. The van der Waals surface area contributed by atoms with Gasteiger partial charge < -0.3 is 9.30 Å². The Morgan fingerprint density at radius 3 is 2.85 bits per heavy atom. The standard InChI is InChI=1S/C15H15ClN4/c1-19(2)10-13-15(11-4-3-6-17-9-11)18-14-8-12(16)5-7-20(13)14/h3-9H,10H2,1-2H3. The maximum absolute atomic E-state index is 6.06. The van der Waals surface area contributed by atoms with Gasteiger partial charge in [0.05, 0.1) is 11.4 Å². The van der Waals surface area contributed by atoms with E-state index in [0.717, 1.165) is 29.1 Å². The van der Waals surface area contributed by atoms with E-state index < -0.39 is 0 Å². The van der Waals surface area contributed by atoms with E-state index >= 15 is 0 Å². The van der Waals surface area contributed by atoms with Gasteiger partial charge in [0.25, 0.3) is 0 Å². The van der Waals surface area contributed by atoms with Gasteiger partial charge >= 0.3 is 0 Å². The molecule has 5 heteroatoms. The minimum Gasteiger partial charge on any atom is -0.304 e. The van der Waals surface area contributed by atoms with Crippen molar-refractivity contribution in [2.24, 2.45) is 0 Å². The molecule has 0 aromatic carbocycles. The van der Waals surface area contributed by atoms with E-state index in [1.54, 1.807) is 6.20 Å². The van der Waals surface area contributed by atoms with Crippen LogP contribution in [0.15, 0.2) is 42.9 Å². The summed E-state index contributed by atoms with van der Waals surface area (Å²) in [6.45, 7) is 0.799. The predicted octanol–water partition coefficient (Wildman–Crippen LogP) is 3.11. The number of halogens is 1. The van der Waals surface area contributed by atoms with E-state index in [0.29, 0.717) is 5.02 Å². The van der Waals surface area contributed by atoms with E-state index in [-0.39, 0.29) is 0 Å². The quantitative estimate of drug-likeness (QED) is 0.742. The van der Waals surface area contributed by atoms with Gasteiger partial charge in [-0.25, -0.2) is 4.98 Å². The zero-order valence-corrected chi connectivity index (χ0v) is 12.2. The molecule has 0 unspecified atom stereocenters. The molecule has 3 heterocycles. The number of fused-ring (bicyclic) bond motifs is 1. The Hall–Kier alpha value is -1.91. The molecule has 3 aromatic heterocycles. The lowest BCUT2D eigenvalue weighted by Crippen LogP contribution is -2.13. The van der Waals surface area contributed by atoms with E-state index in [2.05, 4.69) is 14.3 Å². The lowest BCUT2D eigenvalue weighted by molar-refractivity contribution is 0.396. The maximum atomic E-state index is 6.06. The molecule has 0 aliphatic carbocycles. The van der Waals surface area contributed by atoms with Gasteiger partial charge in [-0.2, -0.15) is 0 Å². The Kier molecular flexibility index (Phi) is 3.42.